The van der Waals surface area contributed by atoms with Gasteiger partial charge in [0.25, 0.3) is 5.91 Å². The maximum absolute atomic E-state index is 12.2. The van der Waals surface area contributed by atoms with E-state index in [1.807, 2.05) is 30.5 Å². The number of aromatic amines is 1. The van der Waals surface area contributed by atoms with Crippen LogP contribution in [0.15, 0.2) is 30.5 Å². The summed E-state index contributed by atoms with van der Waals surface area (Å²) in [4.78, 5) is 20.8. The number of aromatic nitrogens is 1. The Kier molecular flexibility index (Phi) is 4.98. The van der Waals surface area contributed by atoms with Gasteiger partial charge in [0.15, 0.2) is 0 Å². The van der Waals surface area contributed by atoms with Gasteiger partial charge >= 0.3 is 0 Å². The first-order valence-electron chi connectivity index (χ1n) is 7.00. The second kappa shape index (κ2) is 6.74. The smallest absolute Gasteiger partial charge is 0.263 e. The summed E-state index contributed by atoms with van der Waals surface area (Å²) >= 11 is 0. The van der Waals surface area contributed by atoms with E-state index < -0.39 is 6.04 Å². The average molecular weight is 289 g/mol. The summed E-state index contributed by atoms with van der Waals surface area (Å²) in [6, 6.07) is 7.46. The Morgan fingerprint density at radius 2 is 2.19 bits per heavy atom. The predicted octanol–water partition coefficient (Wildman–Crippen LogP) is 2.23. The van der Waals surface area contributed by atoms with Gasteiger partial charge in [-0.3, -0.25) is 9.63 Å². The normalized spacial score (nSPS) is 16.5. The van der Waals surface area contributed by atoms with Crippen molar-refractivity contribution < 1.29 is 9.63 Å². The lowest BCUT2D eigenvalue weighted by molar-refractivity contribution is -0.198. The van der Waals surface area contributed by atoms with Crippen molar-refractivity contribution in [1.29, 1.82) is 0 Å². The van der Waals surface area contributed by atoms with Crippen LogP contribution in [0.3, 0.4) is 0 Å². The van der Waals surface area contributed by atoms with Gasteiger partial charge in [0.05, 0.1) is 12.6 Å². The van der Waals surface area contributed by atoms with Crippen molar-refractivity contribution >= 4 is 16.8 Å². The molecule has 2 aromatic rings. The fourth-order valence-electron chi connectivity index (χ4n) is 2.58. The summed E-state index contributed by atoms with van der Waals surface area (Å²) < 4.78 is 0. The van der Waals surface area contributed by atoms with Crippen LogP contribution >= 0.6 is 0 Å². The first kappa shape index (κ1) is 15.5. The summed E-state index contributed by atoms with van der Waals surface area (Å²) in [6.07, 6.45) is 4.42. The van der Waals surface area contributed by atoms with Crippen LogP contribution in [-0.4, -0.2) is 35.1 Å². The summed E-state index contributed by atoms with van der Waals surface area (Å²) in [5, 5.41) is 2.54. The minimum absolute atomic E-state index is 0. The molecule has 0 spiro atoms. The van der Waals surface area contributed by atoms with Crippen LogP contribution in [-0.2, 0) is 16.1 Å². The van der Waals surface area contributed by atoms with Crippen LogP contribution < -0.4 is 5.73 Å². The van der Waals surface area contributed by atoms with E-state index in [4.69, 9.17) is 10.6 Å². The highest BCUT2D eigenvalue weighted by atomic mass is 16.7. The number of carbonyl (C=O) groups is 1. The van der Waals surface area contributed by atoms with Crippen molar-refractivity contribution in [3.05, 3.63) is 36.0 Å². The summed E-state index contributed by atoms with van der Waals surface area (Å²) in [7, 11) is 0. The molecule has 1 aromatic carbocycles. The SMILES string of the molecule is C.NC(Cc1c[nH]c2ccccc12)C(=O)N1CCCCO1. The third kappa shape index (κ3) is 3.25. The zero-order valence-electron chi connectivity index (χ0n) is 11.3. The first-order chi connectivity index (χ1) is 9.75. The molecule has 1 saturated heterocycles. The molecule has 1 fully saturated rings. The Morgan fingerprint density at radius 1 is 1.38 bits per heavy atom. The number of benzene rings is 1. The Hall–Kier alpha value is -1.85. The molecule has 3 rings (SSSR count). The van der Waals surface area contributed by atoms with Gasteiger partial charge in [0.2, 0.25) is 0 Å². The number of fused-ring (bicyclic) bond motifs is 1. The third-order valence-electron chi connectivity index (χ3n) is 3.68. The van der Waals surface area contributed by atoms with E-state index in [1.54, 1.807) is 0 Å². The predicted molar refractivity (Wildman–Crippen MR) is 83.6 cm³/mol. The van der Waals surface area contributed by atoms with E-state index in [0.29, 0.717) is 19.6 Å². The van der Waals surface area contributed by atoms with Crippen LogP contribution in [0, 0.1) is 0 Å². The molecule has 2 heterocycles. The minimum atomic E-state index is -0.563. The summed E-state index contributed by atoms with van der Waals surface area (Å²) in [6.45, 7) is 1.24. The Balaban J connectivity index is 0.00000161. The van der Waals surface area contributed by atoms with Gasteiger partial charge in [-0.05, 0) is 30.9 Å². The molecule has 1 aliphatic rings. The van der Waals surface area contributed by atoms with Crippen LogP contribution in [0.1, 0.15) is 25.8 Å². The number of H-pyrrole nitrogens is 1. The molecule has 0 saturated carbocycles. The van der Waals surface area contributed by atoms with Gasteiger partial charge in [-0.2, -0.15) is 0 Å². The second-order valence-electron chi connectivity index (χ2n) is 5.15. The van der Waals surface area contributed by atoms with E-state index in [0.717, 1.165) is 29.3 Å². The fourth-order valence-corrected chi connectivity index (χ4v) is 2.58. The molecule has 3 N–H and O–H groups in total. The standard InChI is InChI=1S/C15H19N3O2.CH4/c16-13(15(19)18-7-3-4-8-20-18)9-11-10-17-14-6-2-1-5-12(11)14;/h1-2,5-6,10,13,17H,3-4,7-9,16H2;1H4. The highest BCUT2D eigenvalue weighted by Crippen LogP contribution is 2.19. The number of hydrogen-bond acceptors (Lipinski definition) is 3. The molecular formula is C16H23N3O2. The van der Waals surface area contributed by atoms with Crippen molar-refractivity contribution in [2.24, 2.45) is 5.73 Å². The minimum Gasteiger partial charge on any atom is -0.361 e. The summed E-state index contributed by atoms with van der Waals surface area (Å²) in [5.74, 6) is -0.130. The van der Waals surface area contributed by atoms with Crippen molar-refractivity contribution in [2.75, 3.05) is 13.2 Å². The lowest BCUT2D eigenvalue weighted by Crippen LogP contribution is -2.46. The number of rotatable bonds is 3. The molecule has 5 nitrogen and oxygen atoms in total. The number of para-hydroxylation sites is 1. The molecule has 1 atom stereocenters. The number of hydroxylamine groups is 2. The monoisotopic (exact) mass is 289 g/mol. The molecular weight excluding hydrogens is 266 g/mol. The zero-order valence-corrected chi connectivity index (χ0v) is 11.3. The average Bonchev–Trinajstić information content (AvgIpc) is 2.91. The Labute approximate surface area is 125 Å². The number of carbonyl (C=O) groups excluding carboxylic acids is 1. The molecule has 21 heavy (non-hydrogen) atoms. The van der Waals surface area contributed by atoms with Gasteiger partial charge in [0.1, 0.15) is 0 Å². The quantitative estimate of drug-likeness (QED) is 0.910. The Bertz CT molecular complexity index is 602. The van der Waals surface area contributed by atoms with E-state index in [-0.39, 0.29) is 13.3 Å². The van der Waals surface area contributed by atoms with E-state index >= 15 is 0 Å². The Morgan fingerprint density at radius 3 is 2.95 bits per heavy atom. The van der Waals surface area contributed by atoms with Crippen molar-refractivity contribution in [3.8, 4) is 0 Å². The van der Waals surface area contributed by atoms with Crippen LogP contribution in [0.25, 0.3) is 10.9 Å². The molecule has 114 valence electrons. The maximum Gasteiger partial charge on any atom is 0.263 e. The molecule has 5 heteroatoms. The van der Waals surface area contributed by atoms with Crippen molar-refractivity contribution in [1.82, 2.24) is 10.0 Å². The zero-order chi connectivity index (χ0) is 13.9. The lowest BCUT2D eigenvalue weighted by atomic mass is 10.0. The number of hydrogen-bond donors (Lipinski definition) is 2. The van der Waals surface area contributed by atoms with E-state index in [2.05, 4.69) is 4.98 Å². The van der Waals surface area contributed by atoms with Gasteiger partial charge in [-0.1, -0.05) is 25.6 Å². The third-order valence-corrected chi connectivity index (χ3v) is 3.68. The van der Waals surface area contributed by atoms with Crippen LogP contribution in [0.5, 0.6) is 0 Å². The molecule has 0 radical (unpaired) electrons. The topological polar surface area (TPSA) is 71.4 Å². The second-order valence-corrected chi connectivity index (χ2v) is 5.15. The molecule has 1 unspecified atom stereocenters. The van der Waals surface area contributed by atoms with Gasteiger partial charge in [0, 0.05) is 23.6 Å². The van der Waals surface area contributed by atoms with Gasteiger partial charge in [-0.25, -0.2) is 5.06 Å². The summed E-state index contributed by atoms with van der Waals surface area (Å²) in [5.41, 5.74) is 8.18. The van der Waals surface area contributed by atoms with E-state index in [9.17, 15) is 4.79 Å². The first-order valence-corrected chi connectivity index (χ1v) is 7.00. The highest BCUT2D eigenvalue weighted by molar-refractivity contribution is 5.85. The maximum atomic E-state index is 12.2. The number of nitrogens with one attached hydrogen (secondary N) is 1. The van der Waals surface area contributed by atoms with Crippen LogP contribution in [0.2, 0.25) is 0 Å². The highest BCUT2D eigenvalue weighted by Gasteiger charge is 2.24. The lowest BCUT2D eigenvalue weighted by Gasteiger charge is -2.28. The number of nitrogens with zero attached hydrogens (tertiary/aromatic N) is 1. The number of nitrogens with two attached hydrogens (primary N) is 1. The molecule has 0 bridgehead atoms. The molecule has 1 aliphatic heterocycles. The molecule has 0 aliphatic carbocycles. The van der Waals surface area contributed by atoms with Crippen molar-refractivity contribution in [3.63, 3.8) is 0 Å². The van der Waals surface area contributed by atoms with Crippen LogP contribution in [0.4, 0.5) is 0 Å². The fraction of sp³-hybridized carbons (Fsp3) is 0.438. The van der Waals surface area contributed by atoms with Crippen molar-refractivity contribution in [2.45, 2.75) is 32.7 Å². The van der Waals surface area contributed by atoms with Gasteiger partial charge < -0.3 is 10.7 Å². The largest absolute Gasteiger partial charge is 0.361 e. The molecule has 1 aromatic heterocycles. The number of amides is 1. The van der Waals surface area contributed by atoms with E-state index in [1.165, 1.54) is 5.06 Å². The van der Waals surface area contributed by atoms with Gasteiger partial charge in [-0.15, -0.1) is 0 Å². The molecule has 1 amide bonds.